The predicted octanol–water partition coefficient (Wildman–Crippen LogP) is 10.8. The summed E-state index contributed by atoms with van der Waals surface area (Å²) in [6.07, 6.45) is 29.8. The highest BCUT2D eigenvalue weighted by Crippen LogP contribution is 2.17. The third-order valence-electron chi connectivity index (χ3n) is 10.0. The van der Waals surface area contributed by atoms with Crippen LogP contribution < -0.4 is 0 Å². The summed E-state index contributed by atoms with van der Waals surface area (Å²) < 4.78 is 45.9. The Kier molecular flexibility index (Phi) is 37.6. The lowest BCUT2D eigenvalue weighted by Crippen LogP contribution is -2.37. The number of likely N-dealkylation sites (tertiary alicyclic amines) is 1. The maximum atomic E-state index is 12.8. The standard InChI is InChI=1S/C49H85NO11/c1-6-11-15-23-34-54-47(55-35-24-16-12-7-2)31-21-19-29-45(51)58-40-44(42-61-49(53)60-39-43-28-27-33-50(10-5)38-43)41-59-46(52)30-20-22-32-48(56-36-25-17-13-8-3)57-37-26-18-14-9-4/h15-18,23-26,43-44,47-48H,6-14,19-22,27-42H2,1-5H3/b23-15+,24-16+,25-17+,26-18+. The Morgan fingerprint density at radius 2 is 0.984 bits per heavy atom. The molecule has 352 valence electrons. The van der Waals surface area contributed by atoms with Crippen molar-refractivity contribution in [1.82, 2.24) is 4.90 Å². The summed E-state index contributed by atoms with van der Waals surface area (Å²) in [6, 6.07) is 0. The minimum atomic E-state index is -0.780. The fourth-order valence-corrected chi connectivity index (χ4v) is 6.35. The van der Waals surface area contributed by atoms with Gasteiger partial charge in [-0.2, -0.15) is 0 Å². The maximum Gasteiger partial charge on any atom is 0.508 e. The van der Waals surface area contributed by atoms with Gasteiger partial charge in [-0.1, -0.05) is 109 Å². The Bertz CT molecular complexity index is 1080. The average Bonchev–Trinajstić information content (AvgIpc) is 3.27. The van der Waals surface area contributed by atoms with Crippen molar-refractivity contribution in [1.29, 1.82) is 0 Å². The van der Waals surface area contributed by atoms with E-state index in [9.17, 15) is 14.4 Å². The quantitative estimate of drug-likeness (QED) is 0.0192. The van der Waals surface area contributed by atoms with Crippen LogP contribution in [0.3, 0.4) is 0 Å². The van der Waals surface area contributed by atoms with Crippen molar-refractivity contribution in [2.45, 2.75) is 163 Å². The van der Waals surface area contributed by atoms with Crippen LogP contribution in [0.25, 0.3) is 0 Å². The normalized spacial score (nSPS) is 15.1. The van der Waals surface area contributed by atoms with Gasteiger partial charge in [0, 0.05) is 25.3 Å². The minimum absolute atomic E-state index is 0.0632. The number of carbonyl (C=O) groups excluding carboxylic acids is 3. The third-order valence-corrected chi connectivity index (χ3v) is 10.0. The maximum absolute atomic E-state index is 12.8. The van der Waals surface area contributed by atoms with Crippen molar-refractivity contribution in [3.63, 3.8) is 0 Å². The van der Waals surface area contributed by atoms with Crippen LogP contribution in [0.1, 0.15) is 150 Å². The molecule has 12 nitrogen and oxygen atoms in total. The summed E-state index contributed by atoms with van der Waals surface area (Å²) in [7, 11) is 0. The molecule has 1 atom stereocenters. The van der Waals surface area contributed by atoms with Gasteiger partial charge < -0.3 is 42.8 Å². The van der Waals surface area contributed by atoms with E-state index >= 15 is 0 Å². The monoisotopic (exact) mass is 864 g/mol. The summed E-state index contributed by atoms with van der Waals surface area (Å²) in [5.74, 6) is -1.04. The van der Waals surface area contributed by atoms with Crippen LogP contribution in [-0.2, 0) is 47.5 Å². The Hall–Kier alpha value is -3.03. The van der Waals surface area contributed by atoms with E-state index in [4.69, 9.17) is 37.9 Å². The molecular weight excluding hydrogens is 779 g/mol. The van der Waals surface area contributed by atoms with E-state index in [1.165, 1.54) is 0 Å². The molecule has 1 fully saturated rings. The van der Waals surface area contributed by atoms with Crippen molar-refractivity contribution in [2.24, 2.45) is 11.8 Å². The van der Waals surface area contributed by atoms with Crippen LogP contribution >= 0.6 is 0 Å². The third kappa shape index (κ3) is 34.2. The van der Waals surface area contributed by atoms with Gasteiger partial charge in [0.15, 0.2) is 12.6 Å². The predicted molar refractivity (Wildman–Crippen MR) is 242 cm³/mol. The molecule has 0 N–H and O–H groups in total. The second kappa shape index (κ2) is 41.0. The molecule has 0 aromatic rings. The molecule has 0 bridgehead atoms. The first-order valence-corrected chi connectivity index (χ1v) is 23.7. The Morgan fingerprint density at radius 3 is 1.39 bits per heavy atom. The molecule has 1 heterocycles. The van der Waals surface area contributed by atoms with Gasteiger partial charge in [0.2, 0.25) is 0 Å². The number of nitrogens with zero attached hydrogens (tertiary/aromatic N) is 1. The number of piperidine rings is 1. The van der Waals surface area contributed by atoms with E-state index < -0.39 is 12.1 Å². The topological polar surface area (TPSA) is 128 Å². The van der Waals surface area contributed by atoms with Crippen LogP contribution in [0, 0.1) is 11.8 Å². The van der Waals surface area contributed by atoms with Crippen molar-refractivity contribution < 1.29 is 52.3 Å². The zero-order valence-corrected chi connectivity index (χ0v) is 38.9. The minimum Gasteiger partial charge on any atom is -0.465 e. The smallest absolute Gasteiger partial charge is 0.465 e. The van der Waals surface area contributed by atoms with Crippen LogP contribution in [0.4, 0.5) is 4.79 Å². The van der Waals surface area contributed by atoms with E-state index in [-0.39, 0.29) is 69.7 Å². The van der Waals surface area contributed by atoms with Gasteiger partial charge in [0.05, 0.1) is 39.0 Å². The molecule has 0 aromatic heterocycles. The number of unbranched alkanes of at least 4 members (excludes halogenated alkanes) is 6. The first kappa shape index (κ1) is 56.0. The Morgan fingerprint density at radius 1 is 0.557 bits per heavy atom. The summed E-state index contributed by atoms with van der Waals surface area (Å²) in [4.78, 5) is 40.6. The highest BCUT2D eigenvalue weighted by molar-refractivity contribution is 5.69. The fourth-order valence-electron chi connectivity index (χ4n) is 6.35. The fraction of sp³-hybridized carbons (Fsp3) is 0.776. The molecule has 0 aliphatic carbocycles. The van der Waals surface area contributed by atoms with Crippen LogP contribution in [0.5, 0.6) is 0 Å². The van der Waals surface area contributed by atoms with Gasteiger partial charge in [0.1, 0.15) is 19.8 Å². The van der Waals surface area contributed by atoms with Crippen LogP contribution in [-0.4, -0.2) is 108 Å². The van der Waals surface area contributed by atoms with E-state index in [0.717, 1.165) is 96.7 Å². The SMILES string of the molecule is CCC/C=C/COC(CCCCC(=O)OCC(COC(=O)CCCCC(OC/C=C/CCC)OC/C=C/CCC)COC(=O)OCC1CCCN(CC)C1)OC/C=C/CCC. The van der Waals surface area contributed by atoms with Crippen LogP contribution in [0.2, 0.25) is 0 Å². The highest BCUT2D eigenvalue weighted by atomic mass is 16.7. The Balaban J connectivity index is 2.66. The molecule has 0 amide bonds. The zero-order valence-electron chi connectivity index (χ0n) is 38.9. The number of hydrogen-bond acceptors (Lipinski definition) is 12. The molecular formula is C49H85NO11. The molecule has 1 rings (SSSR count). The summed E-state index contributed by atoms with van der Waals surface area (Å²) >= 11 is 0. The van der Waals surface area contributed by atoms with Gasteiger partial charge in [-0.3, -0.25) is 9.59 Å². The average molecular weight is 864 g/mol. The number of ether oxygens (including phenoxy) is 8. The lowest BCUT2D eigenvalue weighted by Gasteiger charge is -2.31. The van der Waals surface area contributed by atoms with Crippen LogP contribution in [0.15, 0.2) is 48.6 Å². The van der Waals surface area contributed by atoms with E-state index in [2.05, 4.69) is 63.8 Å². The Labute approximate surface area is 370 Å². The van der Waals surface area contributed by atoms with Gasteiger partial charge in [0.25, 0.3) is 0 Å². The van der Waals surface area contributed by atoms with Crippen molar-refractivity contribution in [2.75, 3.05) is 72.5 Å². The second-order valence-electron chi connectivity index (χ2n) is 15.7. The van der Waals surface area contributed by atoms with E-state index in [0.29, 0.717) is 52.1 Å². The molecule has 0 saturated carbocycles. The second-order valence-corrected chi connectivity index (χ2v) is 15.7. The summed E-state index contributed by atoms with van der Waals surface area (Å²) in [5, 5.41) is 0. The molecule has 1 saturated heterocycles. The first-order valence-electron chi connectivity index (χ1n) is 23.7. The van der Waals surface area contributed by atoms with E-state index in [1.807, 2.05) is 24.3 Å². The highest BCUT2D eigenvalue weighted by Gasteiger charge is 2.22. The number of rotatable bonds is 39. The number of hydrogen-bond donors (Lipinski definition) is 0. The number of esters is 2. The molecule has 0 spiro atoms. The zero-order chi connectivity index (χ0) is 44.4. The van der Waals surface area contributed by atoms with Crippen molar-refractivity contribution >= 4 is 18.1 Å². The largest absolute Gasteiger partial charge is 0.508 e. The molecule has 1 aliphatic heterocycles. The van der Waals surface area contributed by atoms with Gasteiger partial charge in [-0.25, -0.2) is 4.79 Å². The first-order chi connectivity index (χ1) is 29.8. The van der Waals surface area contributed by atoms with Gasteiger partial charge in [-0.05, 0) is 90.1 Å². The summed E-state index contributed by atoms with van der Waals surface area (Å²) in [5.41, 5.74) is 0. The molecule has 0 radical (unpaired) electrons. The van der Waals surface area contributed by atoms with Gasteiger partial charge >= 0.3 is 18.1 Å². The van der Waals surface area contributed by atoms with Gasteiger partial charge in [-0.15, -0.1) is 0 Å². The lowest BCUT2D eigenvalue weighted by atomic mass is 9.99. The van der Waals surface area contributed by atoms with E-state index in [1.54, 1.807) is 0 Å². The molecule has 1 aliphatic rings. The summed E-state index contributed by atoms with van der Waals surface area (Å²) in [6.45, 7) is 15.5. The molecule has 61 heavy (non-hydrogen) atoms. The number of carbonyl (C=O) groups is 3. The van der Waals surface area contributed by atoms with Crippen molar-refractivity contribution in [3.8, 4) is 0 Å². The lowest BCUT2D eigenvalue weighted by molar-refractivity contribution is -0.150. The number of allylic oxidation sites excluding steroid dienone is 4. The molecule has 12 heteroatoms. The van der Waals surface area contributed by atoms with Crippen molar-refractivity contribution in [3.05, 3.63) is 48.6 Å². The molecule has 1 unspecified atom stereocenters. The molecule has 0 aromatic carbocycles.